The molecule has 0 atom stereocenters. The van der Waals surface area contributed by atoms with Gasteiger partial charge in [-0.25, -0.2) is 4.98 Å². The second-order valence-corrected chi connectivity index (χ2v) is 9.90. The number of aromatic nitrogens is 1. The Morgan fingerprint density at radius 2 is 1.66 bits per heavy atom. The molecular weight excluding hydrogens is 458 g/mol. The largest absolute Gasteiger partial charge is 0.443 e. The van der Waals surface area contributed by atoms with Gasteiger partial charge in [-0.05, 0) is 73.3 Å². The van der Waals surface area contributed by atoms with Crippen molar-refractivity contribution in [1.29, 1.82) is 0 Å². The van der Waals surface area contributed by atoms with Crippen LogP contribution in [0.15, 0.2) is 70.2 Å². The summed E-state index contributed by atoms with van der Waals surface area (Å²) in [6.45, 7) is 2.80. The monoisotopic (exact) mass is 485 g/mol. The lowest BCUT2D eigenvalue weighted by Crippen LogP contribution is -2.44. The van der Waals surface area contributed by atoms with E-state index in [0.717, 1.165) is 29.9 Å². The van der Waals surface area contributed by atoms with Gasteiger partial charge in [-0.3, -0.25) is 9.59 Å². The van der Waals surface area contributed by atoms with Crippen LogP contribution in [0.4, 0.5) is 0 Å². The first-order valence-electron chi connectivity index (χ1n) is 11.8. The molecule has 1 spiro atoms. The maximum Gasteiger partial charge on any atom is 0.289 e. The number of piperidine rings is 1. The van der Waals surface area contributed by atoms with E-state index in [1.165, 1.54) is 11.8 Å². The van der Waals surface area contributed by atoms with Crippen LogP contribution in [0.3, 0.4) is 0 Å². The van der Waals surface area contributed by atoms with Crippen molar-refractivity contribution in [2.75, 3.05) is 32.4 Å². The Morgan fingerprint density at radius 3 is 2.40 bits per heavy atom. The molecule has 0 radical (unpaired) electrons. The van der Waals surface area contributed by atoms with Crippen LogP contribution in [0.5, 0.6) is 0 Å². The zero-order valence-corrected chi connectivity index (χ0v) is 20.5. The lowest BCUT2D eigenvalue weighted by molar-refractivity contribution is 0.0556. The van der Waals surface area contributed by atoms with E-state index >= 15 is 0 Å². The van der Waals surface area contributed by atoms with Crippen LogP contribution in [-0.4, -0.2) is 59.0 Å². The highest BCUT2D eigenvalue weighted by Crippen LogP contribution is 2.41. The van der Waals surface area contributed by atoms with Crippen molar-refractivity contribution in [3.63, 3.8) is 0 Å². The normalized spacial score (nSPS) is 16.7. The highest BCUT2D eigenvalue weighted by molar-refractivity contribution is 7.98. The summed E-state index contributed by atoms with van der Waals surface area (Å²) >= 11 is 1.49. The average molecular weight is 486 g/mol. The molecule has 6 nitrogen and oxygen atoms in total. The minimum Gasteiger partial charge on any atom is -0.443 e. The molecule has 2 fully saturated rings. The highest BCUT2D eigenvalue weighted by Gasteiger charge is 2.43. The smallest absolute Gasteiger partial charge is 0.289 e. The minimum absolute atomic E-state index is 0.0444. The summed E-state index contributed by atoms with van der Waals surface area (Å²) in [5, 5.41) is 0.765. The minimum atomic E-state index is -0.0897. The van der Waals surface area contributed by atoms with Gasteiger partial charge in [0.05, 0.1) is 5.56 Å². The summed E-state index contributed by atoms with van der Waals surface area (Å²) in [6, 6.07) is 16.8. The van der Waals surface area contributed by atoms with Crippen molar-refractivity contribution in [2.45, 2.75) is 24.3 Å². The molecule has 0 bridgehead atoms. The van der Waals surface area contributed by atoms with Crippen LogP contribution >= 0.6 is 11.8 Å². The van der Waals surface area contributed by atoms with Crippen molar-refractivity contribution >= 4 is 23.6 Å². The van der Waals surface area contributed by atoms with Crippen LogP contribution in [0.25, 0.3) is 0 Å². The van der Waals surface area contributed by atoms with Gasteiger partial charge in [0.15, 0.2) is 11.5 Å². The lowest BCUT2D eigenvalue weighted by atomic mass is 9.77. The third kappa shape index (κ3) is 4.98. The fraction of sp³-hybridized carbons (Fsp3) is 0.321. The molecule has 0 N–H and O–H groups in total. The van der Waals surface area contributed by atoms with Gasteiger partial charge in [0.25, 0.3) is 11.8 Å². The third-order valence-electron chi connectivity index (χ3n) is 6.95. The first-order chi connectivity index (χ1) is 17.1. The number of thioether (sulfide) groups is 1. The van der Waals surface area contributed by atoms with Crippen molar-refractivity contribution in [2.24, 2.45) is 5.41 Å². The Balaban J connectivity index is 1.19. The maximum atomic E-state index is 13.1. The van der Waals surface area contributed by atoms with Crippen LogP contribution in [0.2, 0.25) is 0 Å². The standard InChI is InChI=1S/C28H27N3O3S/c1-35-25-23(8-5-16-29-25)26(32)30-17-13-28(14-18-30)15-19-31(20-28)27(33)24-12-11-22(34-24)10-9-21-6-3-2-4-7-21/h2-8,11-12,16H,13-15,17-20H2,1H3. The van der Waals surface area contributed by atoms with Crippen molar-refractivity contribution in [3.8, 4) is 11.8 Å². The number of pyridine rings is 1. The first kappa shape index (κ1) is 23.3. The number of carbonyl (C=O) groups is 2. The molecule has 2 aliphatic heterocycles. The number of hydrogen-bond acceptors (Lipinski definition) is 5. The van der Waals surface area contributed by atoms with Crippen LogP contribution in [0.1, 0.15) is 51.5 Å². The Labute approximate surface area is 209 Å². The van der Waals surface area contributed by atoms with E-state index in [9.17, 15) is 9.59 Å². The number of hydrogen-bond donors (Lipinski definition) is 0. The molecule has 2 aromatic heterocycles. The zero-order chi connectivity index (χ0) is 24.3. The van der Waals surface area contributed by atoms with Crippen molar-refractivity contribution in [3.05, 3.63) is 83.4 Å². The fourth-order valence-electron chi connectivity index (χ4n) is 4.92. The first-order valence-corrected chi connectivity index (χ1v) is 13.0. The predicted octanol–water partition coefficient (Wildman–Crippen LogP) is 4.56. The van der Waals surface area contributed by atoms with E-state index in [-0.39, 0.29) is 17.2 Å². The van der Waals surface area contributed by atoms with Gasteiger partial charge in [0.2, 0.25) is 0 Å². The summed E-state index contributed by atoms with van der Waals surface area (Å²) in [4.78, 5) is 34.3. The SMILES string of the molecule is CSc1ncccc1C(=O)N1CCC2(CCN(C(=O)c3ccc(C#Cc4ccccc4)o3)C2)CC1. The molecule has 2 aliphatic rings. The zero-order valence-electron chi connectivity index (χ0n) is 19.7. The Bertz CT molecular complexity index is 1280. The number of benzene rings is 1. The summed E-state index contributed by atoms with van der Waals surface area (Å²) in [7, 11) is 0. The molecule has 1 aromatic carbocycles. The number of nitrogens with zero attached hydrogens (tertiary/aromatic N) is 3. The summed E-state index contributed by atoms with van der Waals surface area (Å²) in [5.74, 6) is 6.81. The van der Waals surface area contributed by atoms with E-state index < -0.39 is 0 Å². The topological polar surface area (TPSA) is 66.7 Å². The van der Waals surface area contributed by atoms with Crippen LogP contribution in [-0.2, 0) is 0 Å². The molecule has 4 heterocycles. The Kier molecular flexibility index (Phi) is 6.65. The summed E-state index contributed by atoms with van der Waals surface area (Å²) in [5.41, 5.74) is 1.63. The molecule has 2 saturated heterocycles. The number of amides is 2. The van der Waals surface area contributed by atoms with Gasteiger partial charge >= 0.3 is 0 Å². The molecule has 7 heteroatoms. The second-order valence-electron chi connectivity index (χ2n) is 9.11. The third-order valence-corrected chi connectivity index (χ3v) is 7.66. The van der Waals surface area contributed by atoms with Gasteiger partial charge in [-0.1, -0.05) is 24.1 Å². The summed E-state index contributed by atoms with van der Waals surface area (Å²) in [6.07, 6.45) is 6.39. The van der Waals surface area contributed by atoms with Gasteiger partial charge in [0, 0.05) is 37.9 Å². The number of carbonyl (C=O) groups excluding carboxylic acids is 2. The highest BCUT2D eigenvalue weighted by atomic mass is 32.2. The van der Waals surface area contributed by atoms with Gasteiger partial charge < -0.3 is 14.2 Å². The van der Waals surface area contributed by atoms with Crippen molar-refractivity contribution < 1.29 is 14.0 Å². The molecule has 178 valence electrons. The van der Waals surface area contributed by atoms with Gasteiger partial charge in [0.1, 0.15) is 5.03 Å². The predicted molar refractivity (Wildman–Crippen MR) is 135 cm³/mol. The molecule has 2 amide bonds. The van der Waals surface area contributed by atoms with Crippen molar-refractivity contribution in [1.82, 2.24) is 14.8 Å². The molecule has 0 unspecified atom stereocenters. The van der Waals surface area contributed by atoms with Gasteiger partial charge in [-0.2, -0.15) is 0 Å². The number of rotatable bonds is 3. The van der Waals surface area contributed by atoms with Crippen LogP contribution in [0, 0.1) is 17.3 Å². The number of furan rings is 1. The maximum absolute atomic E-state index is 13.1. The molecule has 0 saturated carbocycles. The Morgan fingerprint density at radius 1 is 0.914 bits per heavy atom. The average Bonchev–Trinajstić information content (AvgIpc) is 3.55. The second kappa shape index (κ2) is 10.0. The van der Waals surface area contributed by atoms with Gasteiger partial charge in [-0.15, -0.1) is 11.8 Å². The molecule has 0 aliphatic carbocycles. The van der Waals surface area contributed by atoms with E-state index in [0.29, 0.717) is 43.3 Å². The molecular formula is C28H27N3O3S. The van der Waals surface area contributed by atoms with E-state index in [1.807, 2.05) is 58.5 Å². The molecule has 35 heavy (non-hydrogen) atoms. The number of likely N-dealkylation sites (tertiary alicyclic amines) is 2. The fourth-order valence-corrected chi connectivity index (χ4v) is 5.46. The molecule has 3 aromatic rings. The van der Waals surface area contributed by atoms with E-state index in [1.54, 1.807) is 18.3 Å². The molecule has 5 rings (SSSR count). The quantitative estimate of drug-likeness (QED) is 0.402. The lowest BCUT2D eigenvalue weighted by Gasteiger charge is -2.39. The van der Waals surface area contributed by atoms with E-state index in [2.05, 4.69) is 16.8 Å². The Hall–Kier alpha value is -3.50. The van der Waals surface area contributed by atoms with E-state index in [4.69, 9.17) is 4.42 Å². The summed E-state index contributed by atoms with van der Waals surface area (Å²) < 4.78 is 5.75. The van der Waals surface area contributed by atoms with Crippen LogP contribution < -0.4 is 0 Å².